The minimum atomic E-state index is -4.01. The Kier molecular flexibility index (Phi) is 4.94. The van der Waals surface area contributed by atoms with Gasteiger partial charge in [0.1, 0.15) is 4.90 Å². The number of nitrogens with zero attached hydrogens (tertiary/aromatic N) is 2. The number of rotatable bonds is 5. The number of methoxy groups -OCH3 is 2. The van der Waals surface area contributed by atoms with Gasteiger partial charge in [0, 0.05) is 0 Å². The first-order chi connectivity index (χ1) is 10.4. The Bertz CT molecular complexity index is 799. The fourth-order valence-corrected chi connectivity index (χ4v) is 3.31. The normalized spacial score (nSPS) is 11.1. The molecule has 0 atom stereocenters. The van der Waals surface area contributed by atoms with E-state index in [4.69, 9.17) is 32.7 Å². The first-order valence-corrected chi connectivity index (χ1v) is 8.05. The van der Waals surface area contributed by atoms with Crippen LogP contribution in [0, 0.1) is 0 Å². The molecule has 7 nitrogen and oxygen atoms in total. The number of hydrogen-bond donors (Lipinski definition) is 1. The predicted octanol–water partition coefficient (Wildman–Crippen LogP) is 2.60. The molecule has 1 aromatic carbocycles. The molecule has 1 heterocycles. The maximum Gasteiger partial charge on any atom is 0.264 e. The van der Waals surface area contributed by atoms with Gasteiger partial charge in [0.25, 0.3) is 15.9 Å². The van der Waals surface area contributed by atoms with Crippen molar-refractivity contribution < 1.29 is 17.9 Å². The van der Waals surface area contributed by atoms with E-state index in [1.807, 2.05) is 0 Å². The third kappa shape index (κ3) is 3.34. The van der Waals surface area contributed by atoms with Crippen LogP contribution in [-0.2, 0) is 10.0 Å². The van der Waals surface area contributed by atoms with E-state index in [9.17, 15) is 8.42 Å². The molecule has 2 rings (SSSR count). The number of aromatic nitrogens is 2. The molecule has 0 fully saturated rings. The van der Waals surface area contributed by atoms with E-state index >= 15 is 0 Å². The van der Waals surface area contributed by atoms with Crippen molar-refractivity contribution >= 4 is 39.0 Å². The fourth-order valence-electron chi connectivity index (χ4n) is 1.54. The van der Waals surface area contributed by atoms with Crippen LogP contribution in [0.15, 0.2) is 29.3 Å². The summed E-state index contributed by atoms with van der Waals surface area (Å²) < 4.78 is 36.9. The van der Waals surface area contributed by atoms with E-state index in [0.717, 1.165) is 0 Å². The summed E-state index contributed by atoms with van der Waals surface area (Å²) in [5, 5.41) is 0.0365. The van der Waals surface area contributed by atoms with Gasteiger partial charge in [-0.1, -0.05) is 29.3 Å². The van der Waals surface area contributed by atoms with Gasteiger partial charge in [0.15, 0.2) is 0 Å². The second-order valence-corrected chi connectivity index (χ2v) is 6.36. The van der Waals surface area contributed by atoms with E-state index in [2.05, 4.69) is 14.7 Å². The molecule has 0 bridgehead atoms. The minimum Gasteiger partial charge on any atom is -0.480 e. The third-order valence-electron chi connectivity index (χ3n) is 2.56. The largest absolute Gasteiger partial charge is 0.480 e. The number of nitrogens with one attached hydrogen (secondary N) is 1. The molecule has 0 saturated heterocycles. The van der Waals surface area contributed by atoms with Gasteiger partial charge in [-0.3, -0.25) is 4.72 Å². The highest BCUT2D eigenvalue weighted by Crippen LogP contribution is 2.31. The van der Waals surface area contributed by atoms with Crippen molar-refractivity contribution in [3.63, 3.8) is 0 Å². The molecule has 0 spiro atoms. The summed E-state index contributed by atoms with van der Waals surface area (Å²) in [6.45, 7) is 0. The Morgan fingerprint density at radius 1 is 1.18 bits per heavy atom. The monoisotopic (exact) mass is 363 g/mol. The summed E-state index contributed by atoms with van der Waals surface area (Å²) in [4.78, 5) is 7.66. The lowest BCUT2D eigenvalue weighted by Crippen LogP contribution is -2.15. The van der Waals surface area contributed by atoms with Crippen molar-refractivity contribution in [3.05, 3.63) is 34.4 Å². The first kappa shape index (κ1) is 16.6. The molecular weight excluding hydrogens is 353 g/mol. The van der Waals surface area contributed by atoms with Crippen LogP contribution in [0.5, 0.6) is 11.8 Å². The van der Waals surface area contributed by atoms with Crippen molar-refractivity contribution in [2.45, 2.75) is 4.90 Å². The SMILES string of the molecule is COc1cnc(NS(=O)(=O)c2cccc(Cl)c2Cl)c(OC)n1. The average molecular weight is 364 g/mol. The summed E-state index contributed by atoms with van der Waals surface area (Å²) >= 11 is 11.8. The van der Waals surface area contributed by atoms with Crippen LogP contribution >= 0.6 is 23.2 Å². The summed E-state index contributed by atoms with van der Waals surface area (Å²) in [5.74, 6) is 0.0426. The van der Waals surface area contributed by atoms with Crippen molar-refractivity contribution in [3.8, 4) is 11.8 Å². The molecule has 0 saturated carbocycles. The minimum absolute atomic E-state index is 0.0407. The molecular formula is C12H11Cl2N3O4S. The Labute approximate surface area is 137 Å². The number of sulfonamides is 1. The van der Waals surface area contributed by atoms with E-state index < -0.39 is 10.0 Å². The lowest BCUT2D eigenvalue weighted by Gasteiger charge is -2.12. The quantitative estimate of drug-likeness (QED) is 0.877. The van der Waals surface area contributed by atoms with Crippen LogP contribution in [0.25, 0.3) is 0 Å². The maximum atomic E-state index is 12.4. The zero-order valence-corrected chi connectivity index (χ0v) is 13.8. The molecule has 0 radical (unpaired) electrons. The molecule has 0 unspecified atom stereocenters. The summed E-state index contributed by atoms with van der Waals surface area (Å²) in [7, 11) is -1.28. The van der Waals surface area contributed by atoms with E-state index in [0.29, 0.717) is 0 Å². The number of halogens is 2. The summed E-state index contributed by atoms with van der Waals surface area (Å²) in [5.41, 5.74) is 0. The number of hydrogen-bond acceptors (Lipinski definition) is 6. The van der Waals surface area contributed by atoms with Crippen LogP contribution in [0.2, 0.25) is 10.0 Å². The van der Waals surface area contributed by atoms with Crippen LogP contribution in [0.3, 0.4) is 0 Å². The Hall–Kier alpha value is -1.77. The molecule has 2 aromatic rings. The highest BCUT2D eigenvalue weighted by atomic mass is 35.5. The van der Waals surface area contributed by atoms with E-state index in [-0.39, 0.29) is 32.5 Å². The molecule has 0 amide bonds. The first-order valence-electron chi connectivity index (χ1n) is 5.81. The topological polar surface area (TPSA) is 90.4 Å². The zero-order chi connectivity index (χ0) is 16.3. The smallest absolute Gasteiger partial charge is 0.264 e. The molecule has 0 aliphatic rings. The van der Waals surface area contributed by atoms with Crippen LogP contribution in [0.1, 0.15) is 0 Å². The van der Waals surface area contributed by atoms with Gasteiger partial charge in [-0.15, -0.1) is 0 Å². The van der Waals surface area contributed by atoms with Crippen molar-refractivity contribution in [1.82, 2.24) is 9.97 Å². The van der Waals surface area contributed by atoms with Crippen molar-refractivity contribution in [1.29, 1.82) is 0 Å². The number of ether oxygens (including phenoxy) is 2. The van der Waals surface area contributed by atoms with Gasteiger partial charge >= 0.3 is 0 Å². The summed E-state index contributed by atoms with van der Waals surface area (Å²) in [6.07, 6.45) is 1.25. The van der Waals surface area contributed by atoms with Gasteiger partial charge in [-0.2, -0.15) is 4.98 Å². The molecule has 0 aliphatic carbocycles. The van der Waals surface area contributed by atoms with Gasteiger partial charge in [0.05, 0.1) is 30.5 Å². The molecule has 1 N–H and O–H groups in total. The predicted molar refractivity (Wildman–Crippen MR) is 82.4 cm³/mol. The highest BCUT2D eigenvalue weighted by Gasteiger charge is 2.22. The lowest BCUT2D eigenvalue weighted by molar-refractivity contribution is 0.363. The molecule has 22 heavy (non-hydrogen) atoms. The molecule has 1 aromatic heterocycles. The Morgan fingerprint density at radius 2 is 1.91 bits per heavy atom. The lowest BCUT2D eigenvalue weighted by atomic mass is 10.4. The average Bonchev–Trinajstić information content (AvgIpc) is 2.49. The van der Waals surface area contributed by atoms with Gasteiger partial charge in [-0.25, -0.2) is 13.4 Å². The molecule has 10 heteroatoms. The van der Waals surface area contributed by atoms with Crippen LogP contribution in [0.4, 0.5) is 5.82 Å². The van der Waals surface area contributed by atoms with Gasteiger partial charge < -0.3 is 9.47 Å². The molecule has 118 valence electrons. The third-order valence-corrected chi connectivity index (χ3v) is 4.87. The van der Waals surface area contributed by atoms with E-state index in [1.165, 1.54) is 38.6 Å². The van der Waals surface area contributed by atoms with E-state index in [1.54, 1.807) is 0 Å². The summed E-state index contributed by atoms with van der Waals surface area (Å²) in [6, 6.07) is 4.27. The van der Waals surface area contributed by atoms with Gasteiger partial charge in [0.2, 0.25) is 11.7 Å². The van der Waals surface area contributed by atoms with Gasteiger partial charge in [-0.05, 0) is 12.1 Å². The van der Waals surface area contributed by atoms with Crippen molar-refractivity contribution in [2.75, 3.05) is 18.9 Å². The maximum absolute atomic E-state index is 12.4. The zero-order valence-electron chi connectivity index (χ0n) is 11.5. The Morgan fingerprint density at radius 3 is 2.55 bits per heavy atom. The molecule has 0 aliphatic heterocycles. The standard InChI is InChI=1S/C12H11Cl2N3O4S/c1-20-9-6-15-11(12(16-9)21-2)17-22(18,19)8-5-3-4-7(13)10(8)14/h3-6H,1-2H3,(H,15,17). The second kappa shape index (κ2) is 6.55. The highest BCUT2D eigenvalue weighted by molar-refractivity contribution is 7.92. The van der Waals surface area contributed by atoms with Crippen LogP contribution in [-0.4, -0.2) is 32.6 Å². The Balaban J connectivity index is 2.43. The van der Waals surface area contributed by atoms with Crippen molar-refractivity contribution in [2.24, 2.45) is 0 Å². The van der Waals surface area contributed by atoms with Crippen LogP contribution < -0.4 is 14.2 Å². The number of benzene rings is 1. The second-order valence-electron chi connectivity index (χ2n) is 3.93. The fraction of sp³-hybridized carbons (Fsp3) is 0.167. The number of anilines is 1.